The SMILES string of the molecule is CC(C)(CCSc1ccc(S(C)(=O)=O)cc1)C(=N)N. The first kappa shape index (κ1) is 16.0. The molecule has 106 valence electrons. The molecule has 0 aliphatic carbocycles. The number of benzene rings is 1. The van der Waals surface area contributed by atoms with Crippen LogP contribution < -0.4 is 5.73 Å². The third kappa shape index (κ3) is 4.87. The van der Waals surface area contributed by atoms with E-state index in [2.05, 4.69) is 0 Å². The van der Waals surface area contributed by atoms with Gasteiger partial charge in [-0.1, -0.05) is 13.8 Å². The van der Waals surface area contributed by atoms with Gasteiger partial charge in [-0.05, 0) is 36.4 Å². The van der Waals surface area contributed by atoms with Crippen LogP contribution in [0.4, 0.5) is 0 Å². The highest BCUT2D eigenvalue weighted by atomic mass is 32.2. The number of thioether (sulfide) groups is 1. The Morgan fingerprint density at radius 1 is 1.32 bits per heavy atom. The van der Waals surface area contributed by atoms with Crippen molar-refractivity contribution in [3.63, 3.8) is 0 Å². The highest BCUT2D eigenvalue weighted by molar-refractivity contribution is 7.99. The second-order valence-electron chi connectivity index (χ2n) is 5.14. The Bertz CT molecular complexity index is 549. The van der Waals surface area contributed by atoms with Crippen molar-refractivity contribution in [3.8, 4) is 0 Å². The fourth-order valence-corrected chi connectivity index (χ4v) is 3.15. The Kier molecular flexibility index (Phi) is 5.04. The normalized spacial score (nSPS) is 12.4. The molecule has 0 atom stereocenters. The van der Waals surface area contributed by atoms with Crippen LogP contribution in [0.25, 0.3) is 0 Å². The van der Waals surface area contributed by atoms with Gasteiger partial charge in [0.05, 0.1) is 10.7 Å². The first-order chi connectivity index (χ1) is 8.63. The minimum atomic E-state index is -3.13. The summed E-state index contributed by atoms with van der Waals surface area (Å²) in [4.78, 5) is 1.35. The van der Waals surface area contributed by atoms with Crippen molar-refractivity contribution in [2.75, 3.05) is 12.0 Å². The summed E-state index contributed by atoms with van der Waals surface area (Å²) in [6.45, 7) is 3.89. The molecule has 19 heavy (non-hydrogen) atoms. The van der Waals surface area contributed by atoms with Gasteiger partial charge >= 0.3 is 0 Å². The van der Waals surface area contributed by atoms with E-state index in [4.69, 9.17) is 11.1 Å². The lowest BCUT2D eigenvalue weighted by molar-refractivity contribution is 0.500. The molecule has 0 saturated carbocycles. The summed E-state index contributed by atoms with van der Waals surface area (Å²) in [5.74, 6) is 1.03. The minimum Gasteiger partial charge on any atom is -0.387 e. The van der Waals surface area contributed by atoms with Gasteiger partial charge in [0, 0.05) is 16.6 Å². The van der Waals surface area contributed by atoms with Crippen molar-refractivity contribution >= 4 is 27.4 Å². The molecule has 3 N–H and O–H groups in total. The highest BCUT2D eigenvalue weighted by Gasteiger charge is 2.20. The lowest BCUT2D eigenvalue weighted by Gasteiger charge is -2.22. The van der Waals surface area contributed by atoms with E-state index in [1.165, 1.54) is 6.26 Å². The lowest BCUT2D eigenvalue weighted by atomic mass is 9.89. The summed E-state index contributed by atoms with van der Waals surface area (Å²) in [5, 5.41) is 7.48. The van der Waals surface area contributed by atoms with E-state index in [1.807, 2.05) is 26.0 Å². The van der Waals surface area contributed by atoms with Gasteiger partial charge in [0.2, 0.25) is 0 Å². The first-order valence-electron chi connectivity index (χ1n) is 5.90. The zero-order chi connectivity index (χ0) is 14.7. The first-order valence-corrected chi connectivity index (χ1v) is 8.78. The molecule has 4 nitrogen and oxygen atoms in total. The number of sulfone groups is 1. The minimum absolute atomic E-state index is 0.195. The van der Waals surface area contributed by atoms with Crippen molar-refractivity contribution in [1.29, 1.82) is 5.41 Å². The third-order valence-electron chi connectivity index (χ3n) is 2.98. The van der Waals surface area contributed by atoms with Gasteiger partial charge in [0.25, 0.3) is 0 Å². The average molecular weight is 300 g/mol. The van der Waals surface area contributed by atoms with E-state index in [0.29, 0.717) is 4.90 Å². The van der Waals surface area contributed by atoms with Gasteiger partial charge in [0.15, 0.2) is 9.84 Å². The number of rotatable bonds is 6. The lowest BCUT2D eigenvalue weighted by Crippen LogP contribution is -2.31. The summed E-state index contributed by atoms with van der Waals surface area (Å²) in [7, 11) is -3.13. The van der Waals surface area contributed by atoms with Gasteiger partial charge in [-0.3, -0.25) is 5.41 Å². The van der Waals surface area contributed by atoms with Crippen molar-refractivity contribution in [3.05, 3.63) is 24.3 Å². The summed E-state index contributed by atoms with van der Waals surface area (Å²) in [6.07, 6.45) is 2.01. The van der Waals surface area contributed by atoms with Crippen LogP contribution in [0.2, 0.25) is 0 Å². The molecule has 1 aromatic carbocycles. The van der Waals surface area contributed by atoms with Crippen molar-refractivity contribution < 1.29 is 8.42 Å². The van der Waals surface area contributed by atoms with Crippen molar-refractivity contribution in [2.45, 2.75) is 30.1 Å². The van der Waals surface area contributed by atoms with E-state index in [-0.39, 0.29) is 11.3 Å². The van der Waals surface area contributed by atoms with Crippen LogP contribution in [-0.4, -0.2) is 26.3 Å². The summed E-state index contributed by atoms with van der Waals surface area (Å²) in [6, 6.07) is 6.85. The fraction of sp³-hybridized carbons (Fsp3) is 0.462. The van der Waals surface area contributed by atoms with Gasteiger partial charge in [-0.15, -0.1) is 11.8 Å². The maximum atomic E-state index is 11.3. The van der Waals surface area contributed by atoms with Gasteiger partial charge in [0.1, 0.15) is 0 Å². The Morgan fingerprint density at radius 2 is 1.84 bits per heavy atom. The molecule has 6 heteroatoms. The zero-order valence-corrected chi connectivity index (χ0v) is 13.1. The summed E-state index contributed by atoms with van der Waals surface area (Å²) >= 11 is 1.64. The number of nitrogens with two attached hydrogens (primary N) is 1. The molecule has 0 bridgehead atoms. The van der Waals surface area contributed by atoms with Crippen molar-refractivity contribution in [2.24, 2.45) is 11.1 Å². The molecular formula is C13H20N2O2S2. The predicted molar refractivity (Wildman–Crippen MR) is 80.6 cm³/mol. The maximum Gasteiger partial charge on any atom is 0.175 e. The van der Waals surface area contributed by atoms with E-state index in [1.54, 1.807) is 23.9 Å². The van der Waals surface area contributed by atoms with E-state index in [9.17, 15) is 8.42 Å². The average Bonchev–Trinajstić information content (AvgIpc) is 2.28. The van der Waals surface area contributed by atoms with Crippen LogP contribution in [0.5, 0.6) is 0 Å². The standard InChI is InChI=1S/C13H20N2O2S2/c1-13(2,12(14)15)8-9-18-10-4-6-11(7-5-10)19(3,16)17/h4-7H,8-9H2,1-3H3,(H3,14,15). The summed E-state index contributed by atoms with van der Waals surface area (Å²) < 4.78 is 22.6. The number of amidine groups is 1. The second-order valence-corrected chi connectivity index (χ2v) is 8.32. The van der Waals surface area contributed by atoms with Crippen molar-refractivity contribution in [1.82, 2.24) is 0 Å². The molecule has 0 aliphatic rings. The van der Waals surface area contributed by atoms with Crippen LogP contribution >= 0.6 is 11.8 Å². The van der Waals surface area contributed by atoms with Crippen LogP contribution in [0.3, 0.4) is 0 Å². The molecule has 0 radical (unpaired) electrons. The Balaban J connectivity index is 2.59. The van der Waals surface area contributed by atoms with Gasteiger partial charge < -0.3 is 5.73 Å². The monoisotopic (exact) mass is 300 g/mol. The molecule has 0 heterocycles. The Hall–Kier alpha value is -1.01. The van der Waals surface area contributed by atoms with E-state index < -0.39 is 9.84 Å². The maximum absolute atomic E-state index is 11.3. The third-order valence-corrected chi connectivity index (χ3v) is 5.12. The molecule has 0 fully saturated rings. The molecule has 0 aliphatic heterocycles. The van der Waals surface area contributed by atoms with Crippen LogP contribution in [0, 0.1) is 10.8 Å². The summed E-state index contributed by atoms with van der Waals surface area (Å²) in [5.41, 5.74) is 5.23. The number of hydrogen-bond donors (Lipinski definition) is 2. The van der Waals surface area contributed by atoms with Gasteiger partial charge in [-0.2, -0.15) is 0 Å². The fourth-order valence-electron chi connectivity index (χ4n) is 1.34. The predicted octanol–water partition coefficient (Wildman–Crippen LogP) is 2.53. The highest BCUT2D eigenvalue weighted by Crippen LogP contribution is 2.27. The van der Waals surface area contributed by atoms with E-state index >= 15 is 0 Å². The number of nitrogens with one attached hydrogen (secondary N) is 1. The Labute approximate surface area is 119 Å². The quantitative estimate of drug-likeness (QED) is 0.480. The smallest absolute Gasteiger partial charge is 0.175 e. The largest absolute Gasteiger partial charge is 0.387 e. The number of hydrogen-bond acceptors (Lipinski definition) is 4. The molecule has 0 unspecified atom stereocenters. The molecular weight excluding hydrogens is 280 g/mol. The van der Waals surface area contributed by atoms with Gasteiger partial charge in [-0.25, -0.2) is 8.42 Å². The molecule has 0 aromatic heterocycles. The van der Waals surface area contributed by atoms with Crippen LogP contribution in [0.1, 0.15) is 20.3 Å². The molecule has 0 spiro atoms. The molecule has 1 rings (SSSR count). The molecule has 1 aromatic rings. The Morgan fingerprint density at radius 3 is 2.26 bits per heavy atom. The molecule has 0 amide bonds. The molecule has 0 saturated heterocycles. The second kappa shape index (κ2) is 5.96. The van der Waals surface area contributed by atoms with E-state index in [0.717, 1.165) is 17.1 Å². The van der Waals surface area contributed by atoms with Crippen LogP contribution in [0.15, 0.2) is 34.1 Å². The zero-order valence-electron chi connectivity index (χ0n) is 11.4. The topological polar surface area (TPSA) is 84.0 Å². The van der Waals surface area contributed by atoms with Crippen LogP contribution in [-0.2, 0) is 9.84 Å².